The molecule has 1 aliphatic heterocycles. The number of allylic oxidation sites excluding steroid dienone is 1. The van der Waals surface area contributed by atoms with E-state index >= 15 is 0 Å². The van der Waals surface area contributed by atoms with Gasteiger partial charge in [0.15, 0.2) is 0 Å². The third-order valence-corrected chi connectivity index (χ3v) is 5.09. The van der Waals surface area contributed by atoms with Crippen molar-refractivity contribution < 1.29 is 14.4 Å². The molecular formula is C21H37N3O2. The number of rotatable bonds is 17. The fraction of sp³-hybridized carbons (Fsp3) is 0.714. The van der Waals surface area contributed by atoms with Crippen molar-refractivity contribution in [1.82, 2.24) is 0 Å². The Hall–Kier alpha value is -1.46. The summed E-state index contributed by atoms with van der Waals surface area (Å²) >= 11 is 0. The molecule has 1 aliphatic rings. The monoisotopic (exact) mass is 363 g/mol. The van der Waals surface area contributed by atoms with Gasteiger partial charge in [0.1, 0.15) is 19.3 Å². The Morgan fingerprint density at radius 3 is 2.19 bits per heavy atom. The highest BCUT2D eigenvalue weighted by Gasteiger charge is 2.34. The van der Waals surface area contributed by atoms with Crippen molar-refractivity contribution in [3.63, 3.8) is 0 Å². The molecule has 26 heavy (non-hydrogen) atoms. The van der Waals surface area contributed by atoms with E-state index in [1.54, 1.807) is 6.20 Å². The number of aliphatic carboxylic acids is 1. The molecule has 0 aromatic rings. The van der Waals surface area contributed by atoms with Crippen LogP contribution in [0.15, 0.2) is 30.0 Å². The topological polar surface area (TPSA) is 78.5 Å². The maximum absolute atomic E-state index is 11.1. The predicted molar refractivity (Wildman–Crippen MR) is 106 cm³/mol. The number of carboxylic acid groups (broad SMARTS) is 1. The van der Waals surface area contributed by atoms with Gasteiger partial charge in [-0.3, -0.25) is 0 Å². The van der Waals surface area contributed by atoms with Crippen molar-refractivity contribution in [3.05, 3.63) is 25.1 Å². The largest absolute Gasteiger partial charge is 0.544 e. The third-order valence-electron chi connectivity index (χ3n) is 5.09. The van der Waals surface area contributed by atoms with E-state index in [0.717, 1.165) is 25.1 Å². The second-order valence-electron chi connectivity index (χ2n) is 7.28. The van der Waals surface area contributed by atoms with Crippen molar-refractivity contribution in [3.8, 4) is 0 Å². The van der Waals surface area contributed by atoms with Crippen molar-refractivity contribution in [2.45, 2.75) is 77.0 Å². The van der Waals surface area contributed by atoms with E-state index in [-0.39, 0.29) is 11.0 Å². The quantitative estimate of drug-likeness (QED) is 0.245. The first-order valence-corrected chi connectivity index (χ1v) is 10.3. The van der Waals surface area contributed by atoms with Crippen LogP contribution in [0.2, 0.25) is 0 Å². The highest BCUT2D eigenvalue weighted by atomic mass is 16.4. The standard InChI is InChI=1S/C21H37N3O2/c1-2-3-4-5-6-7-8-9-10-11-12-13-14-20-23-16-18-24(20,17-15-22)19-21(25)26/h2,16,18H,1,3-15,17,19,22H2. The number of carbonyl (C=O) groups excluding carboxylic acids is 1. The van der Waals surface area contributed by atoms with Crippen LogP contribution in [0.1, 0.15) is 77.0 Å². The van der Waals surface area contributed by atoms with E-state index in [1.807, 2.05) is 12.3 Å². The van der Waals surface area contributed by atoms with E-state index in [9.17, 15) is 9.90 Å². The zero-order chi connectivity index (χ0) is 19.1. The number of carbonyl (C=O) groups is 1. The van der Waals surface area contributed by atoms with Gasteiger partial charge in [-0.25, -0.2) is 9.48 Å². The zero-order valence-corrected chi connectivity index (χ0v) is 16.3. The first-order valence-electron chi connectivity index (χ1n) is 10.3. The molecule has 1 heterocycles. The minimum atomic E-state index is -1.05. The van der Waals surface area contributed by atoms with E-state index in [2.05, 4.69) is 11.6 Å². The van der Waals surface area contributed by atoms with Gasteiger partial charge in [0.25, 0.3) is 0 Å². The van der Waals surface area contributed by atoms with Crippen LogP contribution in [0.3, 0.4) is 0 Å². The number of carboxylic acids is 1. The van der Waals surface area contributed by atoms with Gasteiger partial charge in [-0.1, -0.05) is 57.4 Å². The second-order valence-corrected chi connectivity index (χ2v) is 7.28. The molecule has 0 radical (unpaired) electrons. The summed E-state index contributed by atoms with van der Waals surface area (Å²) < 4.78 is 0.241. The first kappa shape index (κ1) is 22.6. The van der Waals surface area contributed by atoms with Crippen LogP contribution in [-0.2, 0) is 4.79 Å². The number of amidine groups is 1. The minimum Gasteiger partial charge on any atom is -0.544 e. The first-order chi connectivity index (χ1) is 12.6. The lowest BCUT2D eigenvalue weighted by atomic mass is 10.0. The highest BCUT2D eigenvalue weighted by molar-refractivity contribution is 5.80. The van der Waals surface area contributed by atoms with Crippen LogP contribution in [-0.4, -0.2) is 35.9 Å². The van der Waals surface area contributed by atoms with Gasteiger partial charge in [0.2, 0.25) is 5.84 Å². The average Bonchev–Trinajstić information content (AvgIpc) is 2.97. The molecule has 0 aromatic carbocycles. The van der Waals surface area contributed by atoms with E-state index in [4.69, 9.17) is 5.73 Å². The van der Waals surface area contributed by atoms with Crippen molar-refractivity contribution in [1.29, 1.82) is 0 Å². The molecular weight excluding hydrogens is 326 g/mol. The summed E-state index contributed by atoms with van der Waals surface area (Å²) in [7, 11) is 0. The Bertz CT molecular complexity index is 474. The number of nitrogens with zero attached hydrogens (tertiary/aromatic N) is 2. The number of quaternary nitrogens is 1. The summed E-state index contributed by atoms with van der Waals surface area (Å²) in [5.74, 6) is -0.138. The Labute approximate surface area is 159 Å². The summed E-state index contributed by atoms with van der Waals surface area (Å²) in [5, 5.41) is 11.1. The molecule has 0 aromatic heterocycles. The molecule has 2 N–H and O–H groups in total. The molecule has 0 saturated heterocycles. The average molecular weight is 364 g/mol. The normalized spacial score (nSPS) is 18.9. The number of unbranched alkanes of at least 4 members (excludes halogenated alkanes) is 10. The lowest BCUT2D eigenvalue weighted by Crippen LogP contribution is -2.55. The molecule has 0 bridgehead atoms. The minimum absolute atomic E-state index is 0.0701. The van der Waals surface area contributed by atoms with Gasteiger partial charge in [0, 0.05) is 13.0 Å². The lowest BCUT2D eigenvalue weighted by Gasteiger charge is -2.32. The van der Waals surface area contributed by atoms with Gasteiger partial charge >= 0.3 is 0 Å². The Kier molecular flexibility index (Phi) is 11.9. The molecule has 0 aliphatic carbocycles. The van der Waals surface area contributed by atoms with Gasteiger partial charge in [0.05, 0.1) is 12.2 Å². The molecule has 5 heteroatoms. The predicted octanol–water partition coefficient (Wildman–Crippen LogP) is 3.26. The smallest absolute Gasteiger partial charge is 0.207 e. The zero-order valence-electron chi connectivity index (χ0n) is 16.3. The van der Waals surface area contributed by atoms with Gasteiger partial charge in [-0.15, -0.1) is 6.58 Å². The third kappa shape index (κ3) is 8.77. The van der Waals surface area contributed by atoms with Crippen LogP contribution in [0, 0.1) is 0 Å². The van der Waals surface area contributed by atoms with Gasteiger partial charge in [-0.2, -0.15) is 0 Å². The van der Waals surface area contributed by atoms with Crippen molar-refractivity contribution in [2.75, 3.05) is 19.6 Å². The summed E-state index contributed by atoms with van der Waals surface area (Å²) in [6.07, 6.45) is 20.3. The van der Waals surface area contributed by atoms with Crippen LogP contribution in [0.25, 0.3) is 0 Å². The van der Waals surface area contributed by atoms with E-state index in [0.29, 0.717) is 13.1 Å². The van der Waals surface area contributed by atoms with E-state index < -0.39 is 5.97 Å². The SMILES string of the molecule is C=CCCCCCCCCCCCCC1=NC=C[N+]1(CCN)CC(=O)[O-]. The van der Waals surface area contributed by atoms with Crippen molar-refractivity contribution in [2.24, 2.45) is 10.7 Å². The van der Waals surface area contributed by atoms with Crippen LogP contribution < -0.4 is 10.8 Å². The Morgan fingerprint density at radius 2 is 1.65 bits per heavy atom. The fourth-order valence-corrected chi connectivity index (χ4v) is 3.61. The van der Waals surface area contributed by atoms with Crippen molar-refractivity contribution >= 4 is 11.8 Å². The van der Waals surface area contributed by atoms with E-state index in [1.165, 1.54) is 57.8 Å². The van der Waals surface area contributed by atoms with Crippen LogP contribution >= 0.6 is 0 Å². The molecule has 0 amide bonds. The summed E-state index contributed by atoms with van der Waals surface area (Å²) in [6, 6.07) is 0. The number of hydrogen-bond donors (Lipinski definition) is 1. The molecule has 0 saturated carbocycles. The molecule has 1 unspecified atom stereocenters. The molecule has 0 spiro atoms. The molecule has 5 nitrogen and oxygen atoms in total. The number of hydrogen-bond acceptors (Lipinski definition) is 4. The van der Waals surface area contributed by atoms with Crippen LogP contribution in [0.4, 0.5) is 0 Å². The Morgan fingerprint density at radius 1 is 1.08 bits per heavy atom. The fourth-order valence-electron chi connectivity index (χ4n) is 3.61. The second kappa shape index (κ2) is 13.7. The van der Waals surface area contributed by atoms with Crippen LogP contribution in [0.5, 0.6) is 0 Å². The summed E-state index contributed by atoms with van der Waals surface area (Å²) in [6.45, 7) is 4.68. The Balaban J connectivity index is 2.10. The summed E-state index contributed by atoms with van der Waals surface area (Å²) in [5.41, 5.74) is 5.68. The molecule has 148 valence electrons. The maximum Gasteiger partial charge on any atom is 0.207 e. The molecule has 1 atom stereocenters. The highest BCUT2D eigenvalue weighted by Crippen LogP contribution is 2.21. The molecule has 1 rings (SSSR count). The summed E-state index contributed by atoms with van der Waals surface area (Å²) in [4.78, 5) is 15.5. The maximum atomic E-state index is 11.1. The van der Waals surface area contributed by atoms with Gasteiger partial charge < -0.3 is 15.6 Å². The lowest BCUT2D eigenvalue weighted by molar-refractivity contribution is -0.780. The van der Waals surface area contributed by atoms with Gasteiger partial charge in [-0.05, 0) is 19.3 Å². The molecule has 0 fully saturated rings. The number of nitrogens with two attached hydrogens (primary N) is 1. The number of aliphatic imine (C=N–C) groups is 1.